The molecule has 2 aromatic rings. The quantitative estimate of drug-likeness (QED) is 0.505. The van der Waals surface area contributed by atoms with Crippen LogP contribution < -0.4 is 5.32 Å². The number of non-ortho nitro benzene ring substituents is 1. The lowest BCUT2D eigenvalue weighted by molar-refractivity contribution is -0.384. The number of aryl methyl sites for hydroxylation is 2. The summed E-state index contributed by atoms with van der Waals surface area (Å²) in [6.45, 7) is 1.81. The van der Waals surface area contributed by atoms with Crippen LogP contribution in [-0.4, -0.2) is 11.5 Å². The first-order chi connectivity index (χ1) is 10.2. The maximum atomic E-state index is 10.6. The van der Waals surface area contributed by atoms with Crippen molar-refractivity contribution in [2.45, 2.75) is 32.2 Å². The number of hydrogen-bond donors (Lipinski definition) is 1. The van der Waals surface area contributed by atoms with Gasteiger partial charge in [-0.05, 0) is 49.4 Å². The lowest BCUT2D eigenvalue weighted by atomic mass is 10.1. The highest BCUT2D eigenvalue weighted by molar-refractivity contribution is 7.12. The summed E-state index contributed by atoms with van der Waals surface area (Å²) in [5, 5.41) is 14.0. The number of nitrogens with zero attached hydrogens (tertiary/aromatic N) is 1. The summed E-state index contributed by atoms with van der Waals surface area (Å²) in [6, 6.07) is 9.14. The Morgan fingerprint density at radius 2 is 2.05 bits per heavy atom. The summed E-state index contributed by atoms with van der Waals surface area (Å²) < 4.78 is 0. The first-order valence-corrected chi connectivity index (χ1v) is 8.08. The zero-order valence-corrected chi connectivity index (χ0v) is 12.6. The Morgan fingerprint density at radius 3 is 2.76 bits per heavy atom. The number of nitro groups is 1. The zero-order chi connectivity index (χ0) is 14.7. The Kier molecular flexibility index (Phi) is 4.31. The molecule has 21 heavy (non-hydrogen) atoms. The van der Waals surface area contributed by atoms with Gasteiger partial charge in [0.15, 0.2) is 0 Å². The average Bonchev–Trinajstić information content (AvgIpc) is 3.05. The van der Waals surface area contributed by atoms with Gasteiger partial charge in [-0.2, -0.15) is 0 Å². The standard InChI is InChI=1S/C16H18N2O2S/c19-18(20)14-6-4-12(5-7-14)8-9-17-11-15-10-13-2-1-3-16(13)21-15/h4-7,10,17H,1-3,8-9,11H2. The van der Waals surface area contributed by atoms with Gasteiger partial charge in [-0.3, -0.25) is 10.1 Å². The predicted octanol–water partition coefficient (Wildman–Crippen LogP) is 3.48. The summed E-state index contributed by atoms with van der Waals surface area (Å²) in [5.74, 6) is 0. The molecule has 0 atom stereocenters. The maximum Gasteiger partial charge on any atom is 0.269 e. The minimum Gasteiger partial charge on any atom is -0.312 e. The minimum absolute atomic E-state index is 0.153. The largest absolute Gasteiger partial charge is 0.312 e. The van der Waals surface area contributed by atoms with E-state index in [1.54, 1.807) is 22.6 Å². The number of thiophene rings is 1. The smallest absolute Gasteiger partial charge is 0.269 e. The van der Waals surface area contributed by atoms with Gasteiger partial charge in [0.1, 0.15) is 0 Å². The van der Waals surface area contributed by atoms with Gasteiger partial charge in [0.05, 0.1) is 4.92 Å². The summed E-state index contributed by atoms with van der Waals surface area (Å²) in [4.78, 5) is 13.2. The van der Waals surface area contributed by atoms with Gasteiger partial charge in [-0.15, -0.1) is 11.3 Å². The van der Waals surface area contributed by atoms with E-state index >= 15 is 0 Å². The van der Waals surface area contributed by atoms with Crippen molar-refractivity contribution in [3.8, 4) is 0 Å². The fourth-order valence-electron chi connectivity index (χ4n) is 2.71. The van der Waals surface area contributed by atoms with Gasteiger partial charge in [-0.25, -0.2) is 0 Å². The average molecular weight is 302 g/mol. The van der Waals surface area contributed by atoms with Gasteiger partial charge in [0, 0.05) is 28.4 Å². The van der Waals surface area contributed by atoms with Crippen LogP contribution in [0.15, 0.2) is 30.3 Å². The van der Waals surface area contributed by atoms with Crippen molar-refractivity contribution in [1.29, 1.82) is 0 Å². The lowest BCUT2D eigenvalue weighted by Gasteiger charge is -2.03. The third kappa shape index (κ3) is 3.49. The molecule has 0 radical (unpaired) electrons. The molecule has 1 heterocycles. The molecule has 5 heteroatoms. The van der Waals surface area contributed by atoms with E-state index < -0.39 is 0 Å². The van der Waals surface area contributed by atoms with E-state index in [-0.39, 0.29) is 10.6 Å². The van der Waals surface area contributed by atoms with E-state index in [0.717, 1.165) is 25.1 Å². The molecule has 0 saturated heterocycles. The predicted molar refractivity (Wildman–Crippen MR) is 84.9 cm³/mol. The van der Waals surface area contributed by atoms with Crippen LogP contribution in [0.1, 0.15) is 27.3 Å². The first-order valence-electron chi connectivity index (χ1n) is 7.27. The summed E-state index contributed by atoms with van der Waals surface area (Å²) in [7, 11) is 0. The number of nitrogens with one attached hydrogen (secondary N) is 1. The zero-order valence-electron chi connectivity index (χ0n) is 11.8. The van der Waals surface area contributed by atoms with Crippen LogP contribution in [0.5, 0.6) is 0 Å². The molecule has 1 aliphatic rings. The fourth-order valence-corrected chi connectivity index (χ4v) is 3.94. The van der Waals surface area contributed by atoms with Gasteiger partial charge < -0.3 is 5.32 Å². The molecule has 1 N–H and O–H groups in total. The second-order valence-electron chi connectivity index (χ2n) is 5.37. The monoisotopic (exact) mass is 302 g/mol. The summed E-state index contributed by atoms with van der Waals surface area (Å²) in [5.41, 5.74) is 2.83. The topological polar surface area (TPSA) is 55.2 Å². The molecule has 0 amide bonds. The Labute approximate surface area is 128 Å². The molecule has 0 bridgehead atoms. The molecular weight excluding hydrogens is 284 g/mol. The van der Waals surface area contributed by atoms with Crippen molar-refractivity contribution in [1.82, 2.24) is 5.32 Å². The van der Waals surface area contributed by atoms with E-state index in [0.29, 0.717) is 0 Å². The molecule has 0 spiro atoms. The number of benzene rings is 1. The van der Waals surface area contributed by atoms with Gasteiger partial charge in [-0.1, -0.05) is 12.1 Å². The van der Waals surface area contributed by atoms with Gasteiger partial charge in [0.25, 0.3) is 5.69 Å². The highest BCUT2D eigenvalue weighted by Gasteiger charge is 2.14. The maximum absolute atomic E-state index is 10.6. The van der Waals surface area contributed by atoms with E-state index in [9.17, 15) is 10.1 Å². The van der Waals surface area contributed by atoms with Crippen molar-refractivity contribution in [2.24, 2.45) is 0 Å². The molecule has 0 saturated carbocycles. The Bertz CT molecular complexity index is 613. The Hall–Kier alpha value is -1.72. The van der Waals surface area contributed by atoms with E-state index in [2.05, 4.69) is 11.4 Å². The van der Waals surface area contributed by atoms with Crippen molar-refractivity contribution in [2.75, 3.05) is 6.54 Å². The lowest BCUT2D eigenvalue weighted by Crippen LogP contribution is -2.15. The van der Waals surface area contributed by atoms with E-state index in [1.165, 1.54) is 24.1 Å². The van der Waals surface area contributed by atoms with Crippen molar-refractivity contribution < 1.29 is 4.92 Å². The summed E-state index contributed by atoms with van der Waals surface area (Å²) in [6.07, 6.45) is 4.70. The number of nitro benzene ring substituents is 1. The number of fused-ring (bicyclic) bond motifs is 1. The second kappa shape index (κ2) is 6.37. The third-order valence-corrected chi connectivity index (χ3v) is 5.07. The number of hydrogen-bond acceptors (Lipinski definition) is 4. The minimum atomic E-state index is -0.363. The van der Waals surface area contributed by atoms with Crippen LogP contribution >= 0.6 is 11.3 Å². The number of rotatable bonds is 6. The molecule has 3 rings (SSSR count). The fraction of sp³-hybridized carbons (Fsp3) is 0.375. The third-order valence-electron chi connectivity index (χ3n) is 3.83. The van der Waals surface area contributed by atoms with Crippen LogP contribution in [-0.2, 0) is 25.8 Å². The van der Waals surface area contributed by atoms with Crippen LogP contribution in [0.4, 0.5) is 5.69 Å². The summed E-state index contributed by atoms with van der Waals surface area (Å²) >= 11 is 1.94. The molecule has 0 unspecified atom stereocenters. The molecule has 110 valence electrons. The van der Waals surface area contributed by atoms with Crippen LogP contribution in [0.2, 0.25) is 0 Å². The second-order valence-corrected chi connectivity index (χ2v) is 6.59. The highest BCUT2D eigenvalue weighted by Crippen LogP contribution is 2.30. The van der Waals surface area contributed by atoms with E-state index in [1.807, 2.05) is 23.5 Å². The van der Waals surface area contributed by atoms with Crippen LogP contribution in [0, 0.1) is 10.1 Å². The first kappa shape index (κ1) is 14.2. The highest BCUT2D eigenvalue weighted by atomic mass is 32.1. The van der Waals surface area contributed by atoms with Crippen molar-refractivity contribution in [3.05, 3.63) is 61.3 Å². The molecule has 0 fully saturated rings. The van der Waals surface area contributed by atoms with Crippen molar-refractivity contribution in [3.63, 3.8) is 0 Å². The molecule has 0 aliphatic heterocycles. The van der Waals surface area contributed by atoms with Crippen LogP contribution in [0.25, 0.3) is 0 Å². The molecule has 1 aromatic heterocycles. The molecule has 1 aliphatic carbocycles. The Balaban J connectivity index is 1.44. The molecule has 1 aromatic carbocycles. The SMILES string of the molecule is O=[N+]([O-])c1ccc(CCNCc2cc3c(s2)CCC3)cc1. The van der Waals surface area contributed by atoms with Crippen LogP contribution in [0.3, 0.4) is 0 Å². The molecular formula is C16H18N2O2S. The van der Waals surface area contributed by atoms with E-state index in [4.69, 9.17) is 0 Å². The molecule has 4 nitrogen and oxygen atoms in total. The Morgan fingerprint density at radius 1 is 1.24 bits per heavy atom. The van der Waals surface area contributed by atoms with Crippen molar-refractivity contribution >= 4 is 17.0 Å². The normalized spacial score (nSPS) is 13.3. The van der Waals surface area contributed by atoms with Gasteiger partial charge in [0.2, 0.25) is 0 Å². The van der Waals surface area contributed by atoms with Gasteiger partial charge >= 0.3 is 0 Å².